The van der Waals surface area contributed by atoms with Crippen molar-refractivity contribution in [3.05, 3.63) is 0 Å². The quantitative estimate of drug-likeness (QED) is 0.466. The Morgan fingerprint density at radius 3 is 1.75 bits per heavy atom. The monoisotopic (exact) mass is 152 g/mol. The molecule has 0 aliphatic heterocycles. The minimum atomic E-state index is -0.671. The fraction of sp³-hybridized carbons (Fsp3) is 1.00. The molecule has 0 bridgehead atoms. The van der Waals surface area contributed by atoms with E-state index < -0.39 is 9.04 Å². The van der Waals surface area contributed by atoms with E-state index in [4.69, 9.17) is 4.43 Å². The van der Waals surface area contributed by atoms with Crippen molar-refractivity contribution in [2.24, 2.45) is 0 Å². The molecular formula is C5H16OSSi. The van der Waals surface area contributed by atoms with Gasteiger partial charge in [-0.3, -0.25) is 0 Å². The smallest absolute Gasteiger partial charge is 0.170 e. The number of rotatable bonds is 2. The van der Waals surface area contributed by atoms with Gasteiger partial charge >= 0.3 is 0 Å². The van der Waals surface area contributed by atoms with Crippen molar-refractivity contribution in [1.82, 2.24) is 0 Å². The summed E-state index contributed by atoms with van der Waals surface area (Å²) in [7, 11) is -0.671. The Kier molecular flexibility index (Phi) is 14.9. The predicted octanol–water partition coefficient (Wildman–Crippen LogP) is 1.55. The highest BCUT2D eigenvalue weighted by atomic mass is 32.1. The van der Waals surface area contributed by atoms with E-state index in [2.05, 4.69) is 25.7 Å². The van der Waals surface area contributed by atoms with Gasteiger partial charge in [-0.15, -0.1) is 0 Å². The molecule has 0 saturated carbocycles. The molecule has 0 rings (SSSR count). The van der Waals surface area contributed by atoms with Crippen LogP contribution in [0.25, 0.3) is 0 Å². The molecule has 0 unspecified atom stereocenters. The van der Waals surface area contributed by atoms with Crippen molar-refractivity contribution in [2.75, 3.05) is 12.9 Å². The first-order valence-corrected chi connectivity index (χ1v) is 6.51. The van der Waals surface area contributed by atoms with Crippen LogP contribution in [0, 0.1) is 0 Å². The van der Waals surface area contributed by atoms with Gasteiger partial charge in [-0.25, -0.2) is 0 Å². The molecule has 0 radical (unpaired) electrons. The third-order valence-electron chi connectivity index (χ3n) is 0.500. The average Bonchev–Trinajstić information content (AvgIpc) is 1.72. The zero-order valence-corrected chi connectivity index (χ0v) is 8.19. The van der Waals surface area contributed by atoms with E-state index in [1.54, 1.807) is 6.26 Å². The Hall–Kier alpha value is 0.527. The van der Waals surface area contributed by atoms with Crippen LogP contribution in [0.5, 0.6) is 0 Å². The van der Waals surface area contributed by atoms with Gasteiger partial charge in [-0.1, -0.05) is 0 Å². The molecule has 8 heavy (non-hydrogen) atoms. The van der Waals surface area contributed by atoms with E-state index in [9.17, 15) is 0 Å². The SMILES string of the molecule is CCO[SiH](C)C.CS. The van der Waals surface area contributed by atoms with E-state index in [0.717, 1.165) is 6.61 Å². The predicted molar refractivity (Wildman–Crippen MR) is 45.4 cm³/mol. The van der Waals surface area contributed by atoms with Crippen molar-refractivity contribution < 1.29 is 4.43 Å². The van der Waals surface area contributed by atoms with Gasteiger partial charge in [0.15, 0.2) is 9.04 Å². The Bertz CT molecular complexity index is 33.6. The highest BCUT2D eigenvalue weighted by molar-refractivity contribution is 7.79. The second kappa shape index (κ2) is 10.5. The summed E-state index contributed by atoms with van der Waals surface area (Å²) < 4.78 is 5.18. The molecule has 0 N–H and O–H groups in total. The van der Waals surface area contributed by atoms with Gasteiger partial charge in [-0.2, -0.15) is 12.6 Å². The highest BCUT2D eigenvalue weighted by Crippen LogP contribution is 1.79. The maximum absolute atomic E-state index is 5.18. The molecule has 0 amide bonds. The van der Waals surface area contributed by atoms with Crippen molar-refractivity contribution in [3.8, 4) is 0 Å². The maximum Gasteiger partial charge on any atom is 0.170 e. The summed E-state index contributed by atoms with van der Waals surface area (Å²) in [6.07, 6.45) is 1.69. The lowest BCUT2D eigenvalue weighted by atomic mass is 10.9. The average molecular weight is 152 g/mol. The van der Waals surface area contributed by atoms with Crippen molar-refractivity contribution in [3.63, 3.8) is 0 Å². The van der Waals surface area contributed by atoms with Crippen LogP contribution in [0.15, 0.2) is 0 Å². The van der Waals surface area contributed by atoms with Crippen LogP contribution in [0.4, 0.5) is 0 Å². The fourth-order valence-electron chi connectivity index (χ4n) is 0.333. The fourth-order valence-corrected chi connectivity index (χ4v) is 1.00. The second-order valence-corrected chi connectivity index (χ2v) is 3.93. The Morgan fingerprint density at radius 1 is 1.38 bits per heavy atom. The first-order chi connectivity index (χ1) is 3.77. The van der Waals surface area contributed by atoms with Crippen LogP contribution in [0.3, 0.4) is 0 Å². The third kappa shape index (κ3) is 16.0. The van der Waals surface area contributed by atoms with E-state index in [1.807, 2.05) is 6.92 Å². The number of hydrogen-bond acceptors (Lipinski definition) is 2. The molecule has 3 heteroatoms. The topological polar surface area (TPSA) is 9.23 Å². The number of thiol groups is 1. The minimum absolute atomic E-state index is 0.671. The molecule has 0 aliphatic carbocycles. The summed E-state index contributed by atoms with van der Waals surface area (Å²) >= 11 is 3.53. The van der Waals surface area contributed by atoms with Gasteiger partial charge in [0.2, 0.25) is 0 Å². The molecule has 0 aliphatic rings. The maximum atomic E-state index is 5.18. The van der Waals surface area contributed by atoms with Gasteiger partial charge in [0.25, 0.3) is 0 Å². The lowest BCUT2D eigenvalue weighted by Gasteiger charge is -1.98. The first kappa shape index (κ1) is 11.3. The zero-order chi connectivity index (χ0) is 6.99. The summed E-state index contributed by atoms with van der Waals surface area (Å²) in [6, 6.07) is 0. The summed E-state index contributed by atoms with van der Waals surface area (Å²) in [6.45, 7) is 7.27. The van der Waals surface area contributed by atoms with E-state index in [-0.39, 0.29) is 0 Å². The lowest BCUT2D eigenvalue weighted by Crippen LogP contribution is -2.05. The van der Waals surface area contributed by atoms with E-state index in [1.165, 1.54) is 0 Å². The van der Waals surface area contributed by atoms with Crippen LogP contribution in [-0.2, 0) is 4.43 Å². The summed E-state index contributed by atoms with van der Waals surface area (Å²) in [5.74, 6) is 0. The molecular weight excluding hydrogens is 136 g/mol. The van der Waals surface area contributed by atoms with Crippen molar-refractivity contribution in [1.29, 1.82) is 0 Å². The Balaban J connectivity index is 0. The minimum Gasteiger partial charge on any atom is -0.421 e. The van der Waals surface area contributed by atoms with Crippen LogP contribution in [0.2, 0.25) is 13.1 Å². The molecule has 0 spiro atoms. The van der Waals surface area contributed by atoms with Gasteiger partial charge in [-0.05, 0) is 26.3 Å². The molecule has 0 atom stereocenters. The normalized spacial score (nSPS) is 8.25. The molecule has 0 aromatic carbocycles. The summed E-state index contributed by atoms with van der Waals surface area (Å²) in [5.41, 5.74) is 0. The van der Waals surface area contributed by atoms with Crippen LogP contribution >= 0.6 is 12.6 Å². The molecule has 0 fully saturated rings. The van der Waals surface area contributed by atoms with Gasteiger partial charge in [0.05, 0.1) is 0 Å². The van der Waals surface area contributed by atoms with Crippen molar-refractivity contribution >= 4 is 21.7 Å². The van der Waals surface area contributed by atoms with Crippen molar-refractivity contribution in [2.45, 2.75) is 20.0 Å². The lowest BCUT2D eigenvalue weighted by molar-refractivity contribution is 0.350. The highest BCUT2D eigenvalue weighted by Gasteiger charge is 1.87. The standard InChI is InChI=1S/C4H12OSi.CH4S/c1-4-5-6(2)3;1-2/h6H,4H2,1-3H3;2H,1H3. The van der Waals surface area contributed by atoms with E-state index >= 15 is 0 Å². The molecule has 52 valence electrons. The summed E-state index contributed by atoms with van der Waals surface area (Å²) in [4.78, 5) is 0. The third-order valence-corrected chi connectivity index (χ3v) is 1.50. The second-order valence-electron chi connectivity index (χ2n) is 1.50. The molecule has 1 nitrogen and oxygen atoms in total. The van der Waals surface area contributed by atoms with Crippen LogP contribution in [0.1, 0.15) is 6.92 Å². The summed E-state index contributed by atoms with van der Waals surface area (Å²) in [5, 5.41) is 0. The molecule has 0 aromatic heterocycles. The Morgan fingerprint density at radius 2 is 1.75 bits per heavy atom. The number of hydrogen-bond donors (Lipinski definition) is 1. The van der Waals surface area contributed by atoms with Gasteiger partial charge in [0.1, 0.15) is 0 Å². The van der Waals surface area contributed by atoms with E-state index in [0.29, 0.717) is 0 Å². The van der Waals surface area contributed by atoms with Gasteiger partial charge in [0, 0.05) is 6.61 Å². The molecule has 0 saturated heterocycles. The zero-order valence-electron chi connectivity index (χ0n) is 6.14. The Labute approximate surface area is 59.6 Å². The largest absolute Gasteiger partial charge is 0.421 e. The first-order valence-electron chi connectivity index (χ1n) is 2.83. The molecule has 0 heterocycles. The van der Waals surface area contributed by atoms with Crippen LogP contribution < -0.4 is 0 Å². The van der Waals surface area contributed by atoms with Crippen LogP contribution in [-0.4, -0.2) is 21.9 Å². The van der Waals surface area contributed by atoms with Gasteiger partial charge < -0.3 is 4.43 Å². The molecule has 0 aromatic rings.